The summed E-state index contributed by atoms with van der Waals surface area (Å²) in [5.41, 5.74) is 1.99. The zero-order chi connectivity index (χ0) is 22.5. The van der Waals surface area contributed by atoms with E-state index in [1.54, 1.807) is 28.1 Å². The van der Waals surface area contributed by atoms with Crippen LogP contribution in [0.4, 0.5) is 0 Å². The van der Waals surface area contributed by atoms with Gasteiger partial charge in [-0.2, -0.15) is 0 Å². The average Bonchev–Trinajstić information content (AvgIpc) is 3.24. The van der Waals surface area contributed by atoms with Crippen LogP contribution in [0.3, 0.4) is 0 Å². The number of hydrogen-bond acceptors (Lipinski definition) is 4. The van der Waals surface area contributed by atoms with Crippen LogP contribution in [0.2, 0.25) is 0 Å². The molecule has 0 spiro atoms. The molecule has 1 saturated heterocycles. The fourth-order valence-corrected chi connectivity index (χ4v) is 5.11. The highest BCUT2D eigenvalue weighted by Gasteiger charge is 2.36. The van der Waals surface area contributed by atoms with Gasteiger partial charge >= 0.3 is 0 Å². The van der Waals surface area contributed by atoms with E-state index in [1.165, 1.54) is 0 Å². The highest BCUT2D eigenvalue weighted by molar-refractivity contribution is 7.17. The highest BCUT2D eigenvalue weighted by Crippen LogP contribution is 2.34. The number of nitrogens with zero attached hydrogens (tertiary/aromatic N) is 2. The molecule has 1 aliphatic heterocycles. The second-order valence-corrected chi connectivity index (χ2v) is 8.78. The van der Waals surface area contributed by atoms with Crippen molar-refractivity contribution >= 4 is 39.1 Å². The van der Waals surface area contributed by atoms with Crippen LogP contribution < -0.4 is 5.32 Å². The first-order valence-corrected chi connectivity index (χ1v) is 11.8. The molecule has 3 aromatic rings. The first-order chi connectivity index (χ1) is 15.6. The summed E-state index contributed by atoms with van der Waals surface area (Å²) >= 11 is 1.57. The Labute approximate surface area is 191 Å². The molecule has 2 aromatic carbocycles. The van der Waals surface area contributed by atoms with Crippen molar-refractivity contribution in [3.8, 4) is 0 Å². The molecular formula is C25H27N3O3S. The number of nitrogens with one attached hydrogen (secondary N) is 1. The third kappa shape index (κ3) is 4.67. The van der Waals surface area contributed by atoms with Crippen LogP contribution in [-0.4, -0.2) is 53.7 Å². The molecule has 3 amide bonds. The fraction of sp³-hybridized carbons (Fsp3) is 0.320. The molecule has 1 unspecified atom stereocenters. The Hall–Kier alpha value is -3.19. The van der Waals surface area contributed by atoms with Crippen LogP contribution >= 0.6 is 11.3 Å². The van der Waals surface area contributed by atoms with Crippen molar-refractivity contribution < 1.29 is 14.4 Å². The van der Waals surface area contributed by atoms with Gasteiger partial charge in [0.1, 0.15) is 6.04 Å². The van der Waals surface area contributed by atoms with Crippen molar-refractivity contribution in [2.45, 2.75) is 25.8 Å². The number of thiophene rings is 1. The van der Waals surface area contributed by atoms with Gasteiger partial charge in [0.15, 0.2) is 0 Å². The number of carbonyl (C=O) groups excluding carboxylic acids is 3. The molecule has 0 radical (unpaired) electrons. The molecule has 6 nitrogen and oxygen atoms in total. The number of hydrogen-bond donors (Lipinski definition) is 1. The van der Waals surface area contributed by atoms with Gasteiger partial charge in [-0.15, -0.1) is 11.3 Å². The lowest BCUT2D eigenvalue weighted by molar-refractivity contribution is -0.150. The van der Waals surface area contributed by atoms with Crippen molar-refractivity contribution in [3.05, 3.63) is 71.1 Å². The summed E-state index contributed by atoms with van der Waals surface area (Å²) in [5.74, 6) is -0.424. The summed E-state index contributed by atoms with van der Waals surface area (Å²) in [6.45, 7) is 3.08. The van der Waals surface area contributed by atoms with Gasteiger partial charge in [0.25, 0.3) is 0 Å². The lowest BCUT2D eigenvalue weighted by Gasteiger charge is -2.38. The van der Waals surface area contributed by atoms with E-state index < -0.39 is 6.04 Å². The molecule has 0 aliphatic carbocycles. The lowest BCUT2D eigenvalue weighted by atomic mass is 10.0. The number of piperazine rings is 1. The third-order valence-corrected chi connectivity index (χ3v) is 6.82. The molecule has 1 aliphatic rings. The van der Waals surface area contributed by atoms with Gasteiger partial charge in [-0.3, -0.25) is 14.4 Å². The van der Waals surface area contributed by atoms with E-state index in [0.29, 0.717) is 26.1 Å². The van der Waals surface area contributed by atoms with E-state index in [4.69, 9.17) is 0 Å². The molecule has 7 heteroatoms. The minimum Gasteiger partial charge on any atom is -0.354 e. The van der Waals surface area contributed by atoms with Crippen molar-refractivity contribution in [1.29, 1.82) is 0 Å². The van der Waals surface area contributed by atoms with E-state index in [1.807, 2.05) is 60.0 Å². The molecular weight excluding hydrogens is 422 g/mol. The Morgan fingerprint density at radius 1 is 1.06 bits per heavy atom. The first kappa shape index (κ1) is 22.0. The van der Waals surface area contributed by atoms with Crippen LogP contribution in [0, 0.1) is 0 Å². The predicted octanol–water partition coefficient (Wildman–Crippen LogP) is 3.38. The van der Waals surface area contributed by atoms with Crippen LogP contribution in [0.5, 0.6) is 0 Å². The van der Waals surface area contributed by atoms with E-state index >= 15 is 0 Å². The van der Waals surface area contributed by atoms with Crippen LogP contribution in [0.25, 0.3) is 10.1 Å². The third-order valence-electron chi connectivity index (χ3n) is 5.83. The van der Waals surface area contributed by atoms with Gasteiger partial charge in [0.2, 0.25) is 17.7 Å². The molecule has 0 bridgehead atoms. The molecule has 1 atom stereocenters. The topological polar surface area (TPSA) is 69.7 Å². The molecule has 2 heterocycles. The van der Waals surface area contributed by atoms with E-state index in [0.717, 1.165) is 27.6 Å². The first-order valence-electron chi connectivity index (χ1n) is 10.9. The largest absolute Gasteiger partial charge is 0.354 e. The number of benzene rings is 2. The van der Waals surface area contributed by atoms with Crippen LogP contribution in [0.1, 0.15) is 30.5 Å². The quantitative estimate of drug-likeness (QED) is 0.601. The lowest BCUT2D eigenvalue weighted by Crippen LogP contribution is -2.55. The molecule has 32 heavy (non-hydrogen) atoms. The normalized spacial score (nSPS) is 15.1. The van der Waals surface area contributed by atoms with Gasteiger partial charge in [-0.25, -0.2) is 0 Å². The molecule has 166 valence electrons. The van der Waals surface area contributed by atoms with Crippen molar-refractivity contribution in [3.63, 3.8) is 0 Å². The molecule has 0 saturated carbocycles. The zero-order valence-corrected chi connectivity index (χ0v) is 18.9. The van der Waals surface area contributed by atoms with Gasteiger partial charge in [0.05, 0.1) is 6.54 Å². The number of rotatable bonds is 7. The molecule has 1 aromatic heterocycles. The molecule has 1 N–H and O–H groups in total. The Morgan fingerprint density at radius 2 is 1.81 bits per heavy atom. The number of carbonyl (C=O) groups is 3. The van der Waals surface area contributed by atoms with Gasteiger partial charge in [-0.05, 0) is 28.8 Å². The standard InChI is InChI=1S/C25H27N3O3S/c1-2-22(29)27-14-15-28(23(30)16-27)24(20-17-32-21-11-7-6-10-19(20)21)25(31)26-13-12-18-8-4-3-5-9-18/h3-11,17,24H,2,12-16H2,1H3,(H,26,31). The van der Waals surface area contributed by atoms with Gasteiger partial charge in [0, 0.05) is 36.3 Å². The summed E-state index contributed by atoms with van der Waals surface area (Å²) in [6.07, 6.45) is 1.09. The molecule has 4 rings (SSSR count). The van der Waals surface area contributed by atoms with E-state index in [9.17, 15) is 14.4 Å². The Morgan fingerprint density at radius 3 is 2.56 bits per heavy atom. The van der Waals surface area contributed by atoms with Crippen LogP contribution in [0.15, 0.2) is 60.0 Å². The smallest absolute Gasteiger partial charge is 0.247 e. The van der Waals surface area contributed by atoms with Crippen molar-refractivity contribution in [1.82, 2.24) is 15.1 Å². The average molecular weight is 450 g/mol. The minimum absolute atomic E-state index is 0.0164. The SMILES string of the molecule is CCC(=O)N1CCN(C(C(=O)NCCc2ccccc2)c2csc3ccccc23)C(=O)C1. The predicted molar refractivity (Wildman–Crippen MR) is 126 cm³/mol. The van der Waals surface area contributed by atoms with E-state index in [2.05, 4.69) is 5.32 Å². The highest BCUT2D eigenvalue weighted by atomic mass is 32.1. The number of amides is 3. The zero-order valence-electron chi connectivity index (χ0n) is 18.1. The second kappa shape index (κ2) is 9.96. The summed E-state index contributed by atoms with van der Waals surface area (Å²) in [7, 11) is 0. The maximum atomic E-state index is 13.4. The van der Waals surface area contributed by atoms with Crippen LogP contribution in [-0.2, 0) is 20.8 Å². The van der Waals surface area contributed by atoms with Gasteiger partial charge < -0.3 is 15.1 Å². The van der Waals surface area contributed by atoms with Gasteiger partial charge in [-0.1, -0.05) is 55.5 Å². The van der Waals surface area contributed by atoms with Crippen molar-refractivity contribution in [2.24, 2.45) is 0 Å². The summed E-state index contributed by atoms with van der Waals surface area (Å²) in [4.78, 5) is 41.8. The minimum atomic E-state index is -0.715. The number of fused-ring (bicyclic) bond motifs is 1. The monoisotopic (exact) mass is 449 g/mol. The Kier molecular flexibility index (Phi) is 6.85. The maximum absolute atomic E-state index is 13.4. The van der Waals surface area contributed by atoms with E-state index in [-0.39, 0.29) is 24.3 Å². The fourth-order valence-electron chi connectivity index (χ4n) is 4.13. The second-order valence-electron chi connectivity index (χ2n) is 7.87. The van der Waals surface area contributed by atoms with Crippen molar-refractivity contribution in [2.75, 3.05) is 26.2 Å². The Bertz CT molecular complexity index is 1110. The maximum Gasteiger partial charge on any atom is 0.247 e. The summed E-state index contributed by atoms with van der Waals surface area (Å²) in [6, 6.07) is 17.2. The summed E-state index contributed by atoms with van der Waals surface area (Å²) < 4.78 is 1.08. The Balaban J connectivity index is 1.56. The summed E-state index contributed by atoms with van der Waals surface area (Å²) in [5, 5.41) is 6.00. The molecule has 1 fully saturated rings.